The van der Waals surface area contributed by atoms with Crippen LogP contribution >= 0.6 is 11.3 Å². The summed E-state index contributed by atoms with van der Waals surface area (Å²) in [5, 5.41) is 3.26. The third kappa shape index (κ3) is 2.20. The smallest absolute Gasteiger partial charge is 0.0897 e. The summed E-state index contributed by atoms with van der Waals surface area (Å²) in [5.74, 6) is 0.503. The van der Waals surface area contributed by atoms with Crippen LogP contribution in [0.25, 0.3) is 0 Å². The number of nitrogens with two attached hydrogens (primary N) is 1. The first-order valence-electron chi connectivity index (χ1n) is 6.48. The molecule has 1 heterocycles. The number of thiazole rings is 1. The molecule has 1 aromatic carbocycles. The summed E-state index contributed by atoms with van der Waals surface area (Å²) in [6, 6.07) is 8.90. The third-order valence-corrected chi connectivity index (χ3v) is 4.63. The van der Waals surface area contributed by atoms with Crippen molar-refractivity contribution in [2.24, 2.45) is 5.73 Å². The van der Waals surface area contributed by atoms with E-state index < -0.39 is 0 Å². The van der Waals surface area contributed by atoms with Gasteiger partial charge in [-0.1, -0.05) is 24.3 Å². The molecule has 1 aliphatic carbocycles. The summed E-state index contributed by atoms with van der Waals surface area (Å²) in [6.45, 7) is 2.05. The van der Waals surface area contributed by atoms with Gasteiger partial charge in [0.05, 0.1) is 10.7 Å². The molecule has 2 aromatic rings. The van der Waals surface area contributed by atoms with Crippen LogP contribution in [0.5, 0.6) is 0 Å². The molecule has 0 aliphatic heterocycles. The first kappa shape index (κ1) is 11.9. The highest BCUT2D eigenvalue weighted by Crippen LogP contribution is 2.35. The first-order chi connectivity index (χ1) is 8.74. The Morgan fingerprint density at radius 1 is 1.44 bits per heavy atom. The van der Waals surface area contributed by atoms with Crippen molar-refractivity contribution in [3.63, 3.8) is 0 Å². The van der Waals surface area contributed by atoms with Crippen LogP contribution in [0.2, 0.25) is 0 Å². The summed E-state index contributed by atoms with van der Waals surface area (Å²) in [6.07, 6.45) is 3.25. The molecule has 0 spiro atoms. The maximum absolute atomic E-state index is 6.40. The van der Waals surface area contributed by atoms with Gasteiger partial charge in [0.25, 0.3) is 0 Å². The predicted octanol–water partition coefficient (Wildman–Crippen LogP) is 3.05. The van der Waals surface area contributed by atoms with Gasteiger partial charge in [0, 0.05) is 17.8 Å². The molecule has 0 saturated heterocycles. The average molecular weight is 258 g/mol. The van der Waals surface area contributed by atoms with Crippen LogP contribution < -0.4 is 5.73 Å². The van der Waals surface area contributed by atoms with E-state index in [0.717, 1.165) is 17.1 Å². The first-order valence-corrected chi connectivity index (χ1v) is 7.36. The molecule has 94 valence electrons. The van der Waals surface area contributed by atoms with Gasteiger partial charge >= 0.3 is 0 Å². The number of rotatable bonds is 3. The maximum atomic E-state index is 6.40. The fourth-order valence-electron chi connectivity index (χ4n) is 2.92. The second-order valence-electron chi connectivity index (χ2n) is 5.07. The molecule has 0 saturated carbocycles. The van der Waals surface area contributed by atoms with Gasteiger partial charge in [-0.15, -0.1) is 11.3 Å². The fourth-order valence-corrected chi connectivity index (χ4v) is 3.55. The summed E-state index contributed by atoms with van der Waals surface area (Å²) < 4.78 is 0. The highest BCUT2D eigenvalue weighted by Gasteiger charge is 2.27. The van der Waals surface area contributed by atoms with Crippen LogP contribution in [0.15, 0.2) is 29.6 Å². The molecule has 0 bridgehead atoms. The second-order valence-corrected chi connectivity index (χ2v) is 6.13. The highest BCUT2D eigenvalue weighted by atomic mass is 32.1. The van der Waals surface area contributed by atoms with Gasteiger partial charge in [-0.05, 0) is 36.8 Å². The lowest BCUT2D eigenvalue weighted by atomic mass is 9.91. The topological polar surface area (TPSA) is 38.9 Å². The molecule has 0 radical (unpaired) electrons. The van der Waals surface area contributed by atoms with Crippen LogP contribution in [-0.4, -0.2) is 11.0 Å². The van der Waals surface area contributed by atoms with E-state index in [-0.39, 0.29) is 6.04 Å². The Bertz CT molecular complexity index is 547. The van der Waals surface area contributed by atoms with Gasteiger partial charge in [0.15, 0.2) is 0 Å². The Labute approximate surface area is 112 Å². The van der Waals surface area contributed by atoms with Crippen molar-refractivity contribution in [3.8, 4) is 0 Å². The summed E-state index contributed by atoms with van der Waals surface area (Å²) in [4.78, 5) is 4.52. The highest BCUT2D eigenvalue weighted by molar-refractivity contribution is 7.09. The Morgan fingerprint density at radius 3 is 3.06 bits per heavy atom. The van der Waals surface area contributed by atoms with Gasteiger partial charge in [0.1, 0.15) is 0 Å². The van der Waals surface area contributed by atoms with E-state index in [9.17, 15) is 0 Å². The van der Waals surface area contributed by atoms with Gasteiger partial charge in [-0.2, -0.15) is 0 Å². The summed E-state index contributed by atoms with van der Waals surface area (Å²) in [5.41, 5.74) is 10.5. The van der Waals surface area contributed by atoms with Crippen LogP contribution in [0, 0.1) is 6.92 Å². The molecule has 3 heteroatoms. The van der Waals surface area contributed by atoms with E-state index in [4.69, 9.17) is 5.73 Å². The number of aromatic nitrogens is 1. The van der Waals surface area contributed by atoms with Crippen molar-refractivity contribution in [3.05, 3.63) is 51.5 Å². The van der Waals surface area contributed by atoms with Crippen molar-refractivity contribution >= 4 is 11.3 Å². The zero-order chi connectivity index (χ0) is 12.5. The standard InChI is InChI=1S/C15H18N2S/c1-10-17-12(9-18-10)8-15(16)14-7-6-11-4-2-3-5-13(11)14/h2-5,9,14-15H,6-8,16H2,1H3. The van der Waals surface area contributed by atoms with Crippen molar-refractivity contribution in [1.29, 1.82) is 0 Å². The van der Waals surface area contributed by atoms with E-state index in [1.807, 2.05) is 6.92 Å². The lowest BCUT2D eigenvalue weighted by Gasteiger charge is -2.19. The monoisotopic (exact) mass is 258 g/mol. The lowest BCUT2D eigenvalue weighted by molar-refractivity contribution is 0.521. The molecule has 3 rings (SSSR count). The van der Waals surface area contributed by atoms with Crippen molar-refractivity contribution in [1.82, 2.24) is 4.98 Å². The van der Waals surface area contributed by atoms with Crippen LogP contribution in [-0.2, 0) is 12.8 Å². The normalized spacial score (nSPS) is 19.8. The van der Waals surface area contributed by atoms with Crippen molar-refractivity contribution < 1.29 is 0 Å². The second kappa shape index (κ2) is 4.82. The van der Waals surface area contributed by atoms with E-state index in [0.29, 0.717) is 5.92 Å². The van der Waals surface area contributed by atoms with E-state index in [2.05, 4.69) is 34.6 Å². The largest absolute Gasteiger partial charge is 0.327 e. The zero-order valence-electron chi connectivity index (χ0n) is 10.6. The van der Waals surface area contributed by atoms with Crippen LogP contribution in [0.3, 0.4) is 0 Å². The number of benzene rings is 1. The molecule has 0 amide bonds. The van der Waals surface area contributed by atoms with Gasteiger partial charge < -0.3 is 5.73 Å². The lowest BCUT2D eigenvalue weighted by Crippen LogP contribution is -2.29. The molecular formula is C15H18N2S. The Balaban J connectivity index is 1.76. The van der Waals surface area contributed by atoms with Crippen molar-refractivity contribution in [2.75, 3.05) is 0 Å². The molecule has 2 nitrogen and oxygen atoms in total. The number of hydrogen-bond donors (Lipinski definition) is 1. The SMILES string of the molecule is Cc1nc(CC(N)C2CCc3ccccc32)cs1. The maximum Gasteiger partial charge on any atom is 0.0897 e. The van der Waals surface area contributed by atoms with Gasteiger partial charge in [0.2, 0.25) is 0 Å². The number of nitrogens with zero attached hydrogens (tertiary/aromatic N) is 1. The summed E-state index contributed by atoms with van der Waals surface area (Å²) >= 11 is 1.71. The number of hydrogen-bond acceptors (Lipinski definition) is 3. The predicted molar refractivity (Wildman–Crippen MR) is 76.0 cm³/mol. The Kier molecular flexibility index (Phi) is 3.18. The number of fused-ring (bicyclic) bond motifs is 1. The van der Waals surface area contributed by atoms with E-state index >= 15 is 0 Å². The van der Waals surface area contributed by atoms with Crippen molar-refractivity contribution in [2.45, 2.75) is 38.1 Å². The molecule has 0 fully saturated rings. The van der Waals surface area contributed by atoms with E-state index in [1.54, 1.807) is 11.3 Å². The quantitative estimate of drug-likeness (QED) is 0.919. The zero-order valence-corrected chi connectivity index (χ0v) is 11.4. The molecule has 18 heavy (non-hydrogen) atoms. The minimum absolute atomic E-state index is 0.190. The third-order valence-electron chi connectivity index (χ3n) is 3.81. The minimum atomic E-state index is 0.190. The minimum Gasteiger partial charge on any atom is -0.327 e. The van der Waals surface area contributed by atoms with Gasteiger partial charge in [-0.3, -0.25) is 0 Å². The Morgan fingerprint density at radius 2 is 2.28 bits per heavy atom. The van der Waals surface area contributed by atoms with Gasteiger partial charge in [-0.25, -0.2) is 4.98 Å². The molecule has 2 atom stereocenters. The molecule has 2 unspecified atom stereocenters. The van der Waals surface area contributed by atoms with Crippen LogP contribution in [0.1, 0.15) is 34.2 Å². The molecular weight excluding hydrogens is 240 g/mol. The molecule has 1 aromatic heterocycles. The van der Waals surface area contributed by atoms with E-state index in [1.165, 1.54) is 24.0 Å². The average Bonchev–Trinajstić information content (AvgIpc) is 2.95. The fraction of sp³-hybridized carbons (Fsp3) is 0.400. The van der Waals surface area contributed by atoms with Crippen LogP contribution in [0.4, 0.5) is 0 Å². The number of aryl methyl sites for hydroxylation is 2. The molecule has 1 aliphatic rings. The summed E-state index contributed by atoms with van der Waals surface area (Å²) in [7, 11) is 0. The Hall–Kier alpha value is -1.19. The molecule has 2 N–H and O–H groups in total.